The number of carbonyl (C=O) groups excluding carboxylic acids is 1. The van der Waals surface area contributed by atoms with E-state index in [4.69, 9.17) is 0 Å². The molecule has 0 atom stereocenters. The molecule has 1 amide bonds. The van der Waals surface area contributed by atoms with Crippen molar-refractivity contribution >= 4 is 5.91 Å². The lowest BCUT2D eigenvalue weighted by molar-refractivity contribution is 0.0942. The molecule has 54 valence electrons. The lowest BCUT2D eigenvalue weighted by Gasteiger charge is -1.92. The zero-order chi connectivity index (χ0) is 7.40. The fraction of sp³-hybridized carbons (Fsp3) is 0.400. The quantitative estimate of drug-likeness (QED) is 0.620. The molecule has 0 aliphatic heterocycles. The molecule has 0 aromatic carbocycles. The topological polar surface area (TPSA) is 68.0 Å². The first-order chi connectivity index (χ1) is 4.84. The summed E-state index contributed by atoms with van der Waals surface area (Å²) in [7, 11) is 0. The number of nitrogens with one attached hydrogen (secondary N) is 1. The van der Waals surface area contributed by atoms with Crippen LogP contribution in [-0.2, 0) is 0 Å². The van der Waals surface area contributed by atoms with Crippen LogP contribution in [0.4, 0.5) is 0 Å². The van der Waals surface area contributed by atoms with Gasteiger partial charge in [-0.15, -0.1) is 0 Å². The molecule has 0 aliphatic carbocycles. The van der Waals surface area contributed by atoms with Crippen LogP contribution in [0.25, 0.3) is 0 Å². The van der Waals surface area contributed by atoms with Gasteiger partial charge in [-0.1, -0.05) is 5.16 Å². The summed E-state index contributed by atoms with van der Waals surface area (Å²) in [5.74, 6) is -0.238. The molecule has 0 fully saturated rings. The van der Waals surface area contributed by atoms with E-state index >= 15 is 0 Å². The molecule has 1 rings (SSSR count). The molecule has 0 saturated carbocycles. The normalized spacial score (nSPS) is 9.30. The van der Waals surface area contributed by atoms with Crippen molar-refractivity contribution in [3.63, 3.8) is 0 Å². The van der Waals surface area contributed by atoms with E-state index in [2.05, 4.69) is 20.0 Å². The number of rotatable bonds is 2. The van der Waals surface area contributed by atoms with E-state index in [1.54, 1.807) is 0 Å². The van der Waals surface area contributed by atoms with E-state index < -0.39 is 0 Å². The Morgan fingerprint density at radius 3 is 3.20 bits per heavy atom. The Bertz CT molecular complexity index is 207. The van der Waals surface area contributed by atoms with Crippen LogP contribution in [0.5, 0.6) is 0 Å². The molecule has 0 aliphatic rings. The van der Waals surface area contributed by atoms with Crippen molar-refractivity contribution in [2.45, 2.75) is 6.92 Å². The zero-order valence-electron chi connectivity index (χ0n) is 5.50. The maximum absolute atomic E-state index is 10.8. The molecule has 0 saturated heterocycles. The van der Waals surface area contributed by atoms with Crippen LogP contribution in [0.1, 0.15) is 17.5 Å². The average Bonchev–Trinajstić information content (AvgIpc) is 2.38. The number of amides is 1. The molecule has 1 aromatic rings. The van der Waals surface area contributed by atoms with Gasteiger partial charge >= 0.3 is 0 Å². The predicted molar refractivity (Wildman–Crippen MR) is 32.3 cm³/mol. The molecule has 5 heteroatoms. The van der Waals surface area contributed by atoms with Gasteiger partial charge in [-0.3, -0.25) is 4.79 Å². The minimum absolute atomic E-state index is 0.0712. The highest BCUT2D eigenvalue weighted by Crippen LogP contribution is 1.85. The van der Waals surface area contributed by atoms with Crippen LogP contribution in [0, 0.1) is 0 Å². The van der Waals surface area contributed by atoms with Gasteiger partial charge in [-0.05, 0) is 6.92 Å². The molecule has 0 bridgehead atoms. The highest BCUT2D eigenvalue weighted by Gasteiger charge is 2.07. The molecule has 0 unspecified atom stereocenters. The molecule has 5 nitrogen and oxygen atoms in total. The molecular weight excluding hydrogens is 134 g/mol. The second-order valence-corrected chi connectivity index (χ2v) is 1.61. The first-order valence-corrected chi connectivity index (χ1v) is 2.89. The van der Waals surface area contributed by atoms with Gasteiger partial charge in [0.2, 0.25) is 6.39 Å². The number of hydrogen-bond acceptors (Lipinski definition) is 4. The van der Waals surface area contributed by atoms with E-state index in [1.807, 2.05) is 6.92 Å². The second kappa shape index (κ2) is 2.95. The fourth-order valence-corrected chi connectivity index (χ4v) is 0.510. The minimum Gasteiger partial charge on any atom is -0.349 e. The third-order valence-electron chi connectivity index (χ3n) is 0.902. The van der Waals surface area contributed by atoms with Gasteiger partial charge in [0.15, 0.2) is 0 Å². The largest absolute Gasteiger partial charge is 0.349 e. The molecule has 1 aromatic heterocycles. The predicted octanol–water partition coefficient (Wildman–Crippen LogP) is -0.181. The van der Waals surface area contributed by atoms with Gasteiger partial charge in [0.1, 0.15) is 0 Å². The van der Waals surface area contributed by atoms with Crippen molar-refractivity contribution in [3.05, 3.63) is 12.2 Å². The Morgan fingerprint density at radius 2 is 2.70 bits per heavy atom. The second-order valence-electron chi connectivity index (χ2n) is 1.61. The van der Waals surface area contributed by atoms with Crippen molar-refractivity contribution in [2.75, 3.05) is 6.54 Å². The lowest BCUT2D eigenvalue weighted by atomic mass is 10.5. The summed E-state index contributed by atoms with van der Waals surface area (Å²) < 4.78 is 4.36. The van der Waals surface area contributed by atoms with Gasteiger partial charge in [0, 0.05) is 6.54 Å². The van der Waals surface area contributed by atoms with Crippen LogP contribution >= 0.6 is 0 Å². The SMILES string of the molecule is CCNC(=O)c1ncon1. The van der Waals surface area contributed by atoms with E-state index in [0.29, 0.717) is 6.54 Å². The van der Waals surface area contributed by atoms with Gasteiger partial charge in [-0.25, -0.2) is 0 Å². The highest BCUT2D eigenvalue weighted by molar-refractivity contribution is 5.89. The van der Waals surface area contributed by atoms with Gasteiger partial charge in [0.05, 0.1) is 0 Å². The molecule has 0 spiro atoms. The number of aromatic nitrogens is 2. The zero-order valence-corrected chi connectivity index (χ0v) is 5.50. The van der Waals surface area contributed by atoms with Crippen LogP contribution in [0.15, 0.2) is 10.9 Å². The Labute approximate surface area is 57.4 Å². The maximum atomic E-state index is 10.8. The molecule has 10 heavy (non-hydrogen) atoms. The summed E-state index contributed by atoms with van der Waals surface area (Å²) in [4.78, 5) is 14.4. The van der Waals surface area contributed by atoms with Crippen molar-refractivity contribution < 1.29 is 9.32 Å². The summed E-state index contributed by atoms with van der Waals surface area (Å²) in [6.07, 6.45) is 1.12. The van der Waals surface area contributed by atoms with Crippen LogP contribution in [0.3, 0.4) is 0 Å². The Kier molecular flexibility index (Phi) is 1.99. The smallest absolute Gasteiger partial charge is 0.292 e. The summed E-state index contributed by atoms with van der Waals surface area (Å²) in [5.41, 5.74) is 0. The van der Waals surface area contributed by atoms with Gasteiger partial charge in [0.25, 0.3) is 11.7 Å². The Hall–Kier alpha value is -1.39. The summed E-state index contributed by atoms with van der Waals surface area (Å²) in [6, 6.07) is 0. The van der Waals surface area contributed by atoms with E-state index in [0.717, 1.165) is 6.39 Å². The Balaban J connectivity index is 2.59. The standard InChI is InChI=1S/C5H7N3O2/c1-2-6-5(9)4-7-3-10-8-4/h3H,2H2,1H3,(H,6,9). The summed E-state index contributed by atoms with van der Waals surface area (Å²) in [6.45, 7) is 2.38. The van der Waals surface area contributed by atoms with E-state index in [9.17, 15) is 4.79 Å². The first kappa shape index (κ1) is 6.73. The van der Waals surface area contributed by atoms with E-state index in [1.165, 1.54) is 0 Å². The first-order valence-electron chi connectivity index (χ1n) is 2.89. The third kappa shape index (κ3) is 1.31. The van der Waals surface area contributed by atoms with Crippen molar-refractivity contribution in [2.24, 2.45) is 0 Å². The van der Waals surface area contributed by atoms with Crippen molar-refractivity contribution in [3.8, 4) is 0 Å². The Morgan fingerprint density at radius 1 is 1.90 bits per heavy atom. The third-order valence-corrected chi connectivity index (χ3v) is 0.902. The average molecular weight is 141 g/mol. The fourth-order valence-electron chi connectivity index (χ4n) is 0.510. The molecule has 0 radical (unpaired) electrons. The number of carbonyl (C=O) groups is 1. The lowest BCUT2D eigenvalue weighted by Crippen LogP contribution is -2.23. The van der Waals surface area contributed by atoms with Crippen molar-refractivity contribution in [1.82, 2.24) is 15.5 Å². The number of hydrogen-bond donors (Lipinski definition) is 1. The maximum Gasteiger partial charge on any atom is 0.292 e. The minimum atomic E-state index is -0.309. The van der Waals surface area contributed by atoms with Gasteiger partial charge < -0.3 is 9.84 Å². The molecule has 1 N–H and O–H groups in total. The van der Waals surface area contributed by atoms with Crippen LogP contribution in [-0.4, -0.2) is 22.6 Å². The molecule has 1 heterocycles. The van der Waals surface area contributed by atoms with Crippen molar-refractivity contribution in [1.29, 1.82) is 0 Å². The molecular formula is C5H7N3O2. The summed E-state index contributed by atoms with van der Waals surface area (Å²) >= 11 is 0. The van der Waals surface area contributed by atoms with Gasteiger partial charge in [-0.2, -0.15) is 4.98 Å². The summed E-state index contributed by atoms with van der Waals surface area (Å²) in [5, 5.41) is 5.86. The monoisotopic (exact) mass is 141 g/mol. The van der Waals surface area contributed by atoms with Crippen LogP contribution < -0.4 is 5.32 Å². The van der Waals surface area contributed by atoms with E-state index in [-0.39, 0.29) is 11.7 Å². The highest BCUT2D eigenvalue weighted by atomic mass is 16.5. The number of nitrogens with zero attached hydrogens (tertiary/aromatic N) is 2. The van der Waals surface area contributed by atoms with Crippen LogP contribution in [0.2, 0.25) is 0 Å².